The molecule has 4 heteroatoms. The first-order valence-corrected chi connectivity index (χ1v) is 7.36. The normalized spacial score (nSPS) is 10.7. The van der Waals surface area contributed by atoms with E-state index >= 15 is 0 Å². The Hall–Kier alpha value is -1.10. The number of hydrogen-bond acceptors (Lipinski definition) is 4. The van der Waals surface area contributed by atoms with E-state index in [-0.39, 0.29) is 0 Å². The molecular weight excluding hydrogens is 254 g/mol. The van der Waals surface area contributed by atoms with Crippen LogP contribution >= 0.6 is 0 Å². The lowest BCUT2D eigenvalue weighted by Crippen LogP contribution is -2.13. The second-order valence-corrected chi connectivity index (χ2v) is 4.63. The van der Waals surface area contributed by atoms with Gasteiger partial charge in [0.25, 0.3) is 0 Å². The van der Waals surface area contributed by atoms with Crippen LogP contribution < -0.4 is 10.1 Å². The summed E-state index contributed by atoms with van der Waals surface area (Å²) >= 11 is 0. The zero-order chi connectivity index (χ0) is 14.5. The van der Waals surface area contributed by atoms with Gasteiger partial charge in [-0.3, -0.25) is 0 Å². The van der Waals surface area contributed by atoms with Crippen molar-refractivity contribution in [2.24, 2.45) is 0 Å². The van der Waals surface area contributed by atoms with Gasteiger partial charge in [-0.05, 0) is 30.7 Å². The fourth-order valence-corrected chi connectivity index (χ4v) is 1.71. The quantitative estimate of drug-likeness (QED) is 0.598. The second-order valence-electron chi connectivity index (χ2n) is 4.63. The monoisotopic (exact) mass is 281 g/mol. The summed E-state index contributed by atoms with van der Waals surface area (Å²) in [5.41, 5.74) is 1.29. The van der Waals surface area contributed by atoms with Crippen molar-refractivity contribution in [1.29, 1.82) is 0 Å². The highest BCUT2D eigenvalue weighted by Crippen LogP contribution is 2.12. The van der Waals surface area contributed by atoms with Crippen molar-refractivity contribution >= 4 is 0 Å². The summed E-state index contributed by atoms with van der Waals surface area (Å²) < 4.78 is 15.9. The molecule has 1 aromatic rings. The number of rotatable bonds is 12. The molecule has 114 valence electrons. The van der Waals surface area contributed by atoms with Gasteiger partial charge in [0.2, 0.25) is 0 Å². The zero-order valence-electron chi connectivity index (χ0n) is 12.7. The van der Waals surface area contributed by atoms with E-state index in [1.54, 1.807) is 7.11 Å². The fraction of sp³-hybridized carbons (Fsp3) is 0.625. The van der Waals surface area contributed by atoms with Crippen LogP contribution in [-0.4, -0.2) is 40.1 Å². The largest absolute Gasteiger partial charge is 0.494 e. The second kappa shape index (κ2) is 11.7. The molecule has 0 amide bonds. The molecule has 0 spiro atoms. The van der Waals surface area contributed by atoms with Crippen molar-refractivity contribution in [2.75, 3.05) is 40.1 Å². The van der Waals surface area contributed by atoms with Gasteiger partial charge in [0.1, 0.15) is 5.75 Å². The molecule has 0 aliphatic rings. The first-order chi connectivity index (χ1) is 9.86. The predicted octanol–water partition coefficient (Wildman–Crippen LogP) is 2.62. The lowest BCUT2D eigenvalue weighted by Gasteiger charge is -2.08. The highest BCUT2D eigenvalue weighted by Gasteiger charge is 1.96. The number of benzene rings is 1. The summed E-state index contributed by atoms with van der Waals surface area (Å²) in [5.74, 6) is 0.918. The Balaban J connectivity index is 2.08. The van der Waals surface area contributed by atoms with Gasteiger partial charge in [-0.25, -0.2) is 0 Å². The molecule has 1 N–H and O–H groups in total. The molecule has 0 bridgehead atoms. The van der Waals surface area contributed by atoms with Gasteiger partial charge in [0.05, 0.1) is 19.8 Å². The highest BCUT2D eigenvalue weighted by atomic mass is 16.5. The number of hydrogen-bond donors (Lipinski definition) is 1. The Morgan fingerprint density at radius 2 is 1.80 bits per heavy atom. The van der Waals surface area contributed by atoms with Crippen molar-refractivity contribution in [1.82, 2.24) is 5.32 Å². The van der Waals surface area contributed by atoms with Crippen LogP contribution in [0.15, 0.2) is 24.3 Å². The summed E-state index contributed by atoms with van der Waals surface area (Å²) in [6.45, 7) is 6.83. The van der Waals surface area contributed by atoms with Crippen LogP contribution in [0.4, 0.5) is 0 Å². The summed E-state index contributed by atoms with van der Waals surface area (Å²) in [5, 5.41) is 3.38. The zero-order valence-corrected chi connectivity index (χ0v) is 12.7. The van der Waals surface area contributed by atoms with Gasteiger partial charge in [-0.2, -0.15) is 0 Å². The van der Waals surface area contributed by atoms with Crippen molar-refractivity contribution in [3.05, 3.63) is 29.8 Å². The van der Waals surface area contributed by atoms with E-state index in [0.717, 1.165) is 31.7 Å². The topological polar surface area (TPSA) is 39.7 Å². The molecule has 1 aromatic carbocycles. The lowest BCUT2D eigenvalue weighted by atomic mass is 10.2. The Kier molecular flexibility index (Phi) is 9.92. The van der Waals surface area contributed by atoms with E-state index in [9.17, 15) is 0 Å². The minimum atomic E-state index is 0.647. The molecule has 0 aliphatic heterocycles. The van der Waals surface area contributed by atoms with Crippen molar-refractivity contribution in [2.45, 2.75) is 26.3 Å². The van der Waals surface area contributed by atoms with Crippen LogP contribution in [0.1, 0.15) is 25.3 Å². The molecule has 0 aliphatic carbocycles. The molecule has 0 aromatic heterocycles. The number of ether oxygens (including phenoxy) is 3. The highest BCUT2D eigenvalue weighted by molar-refractivity contribution is 5.27. The first-order valence-electron chi connectivity index (χ1n) is 7.36. The van der Waals surface area contributed by atoms with Gasteiger partial charge in [-0.1, -0.05) is 19.1 Å². The standard InChI is InChI=1S/C16H27NO3/c1-3-9-17-14-15-5-7-16(8-6-15)20-11-4-10-19-13-12-18-2/h5-8,17H,3-4,9-14H2,1-2H3. The maximum atomic E-state index is 5.66. The number of nitrogens with one attached hydrogen (secondary N) is 1. The van der Waals surface area contributed by atoms with E-state index < -0.39 is 0 Å². The smallest absolute Gasteiger partial charge is 0.119 e. The first kappa shape index (κ1) is 17.0. The van der Waals surface area contributed by atoms with Crippen molar-refractivity contribution in [3.8, 4) is 5.75 Å². The Bertz CT molecular complexity index is 327. The molecule has 0 heterocycles. The minimum absolute atomic E-state index is 0.647. The summed E-state index contributed by atoms with van der Waals surface area (Å²) in [6.07, 6.45) is 2.05. The molecule has 0 unspecified atom stereocenters. The van der Waals surface area contributed by atoms with E-state index in [1.165, 1.54) is 5.56 Å². The molecule has 0 radical (unpaired) electrons. The van der Waals surface area contributed by atoms with Crippen LogP contribution in [0, 0.1) is 0 Å². The fourth-order valence-electron chi connectivity index (χ4n) is 1.71. The maximum absolute atomic E-state index is 5.66. The molecule has 0 fully saturated rings. The third kappa shape index (κ3) is 8.15. The van der Waals surface area contributed by atoms with Crippen LogP contribution in [-0.2, 0) is 16.0 Å². The molecule has 4 nitrogen and oxygen atoms in total. The van der Waals surface area contributed by atoms with Gasteiger partial charge in [0.15, 0.2) is 0 Å². The molecule has 0 atom stereocenters. The maximum Gasteiger partial charge on any atom is 0.119 e. The van der Waals surface area contributed by atoms with Crippen LogP contribution in [0.3, 0.4) is 0 Å². The van der Waals surface area contributed by atoms with Gasteiger partial charge in [0, 0.05) is 26.7 Å². The van der Waals surface area contributed by atoms with E-state index in [4.69, 9.17) is 14.2 Å². The van der Waals surface area contributed by atoms with E-state index in [1.807, 2.05) is 12.1 Å². The summed E-state index contributed by atoms with van der Waals surface area (Å²) in [7, 11) is 1.67. The lowest BCUT2D eigenvalue weighted by molar-refractivity contribution is 0.0644. The van der Waals surface area contributed by atoms with Gasteiger partial charge < -0.3 is 19.5 Å². The SMILES string of the molecule is CCCNCc1ccc(OCCCOCCOC)cc1. The predicted molar refractivity (Wildman–Crippen MR) is 81.2 cm³/mol. The van der Waals surface area contributed by atoms with Gasteiger partial charge >= 0.3 is 0 Å². The molecule has 0 saturated heterocycles. The number of methoxy groups -OCH3 is 1. The molecule has 20 heavy (non-hydrogen) atoms. The Labute approximate surface area is 122 Å². The van der Waals surface area contributed by atoms with E-state index in [2.05, 4.69) is 24.4 Å². The minimum Gasteiger partial charge on any atom is -0.494 e. The Morgan fingerprint density at radius 3 is 2.50 bits per heavy atom. The van der Waals surface area contributed by atoms with Gasteiger partial charge in [-0.15, -0.1) is 0 Å². The van der Waals surface area contributed by atoms with Crippen molar-refractivity contribution in [3.63, 3.8) is 0 Å². The van der Waals surface area contributed by atoms with Crippen molar-refractivity contribution < 1.29 is 14.2 Å². The average Bonchev–Trinajstić information content (AvgIpc) is 2.48. The van der Waals surface area contributed by atoms with Crippen LogP contribution in [0.25, 0.3) is 0 Å². The van der Waals surface area contributed by atoms with Crippen LogP contribution in [0.2, 0.25) is 0 Å². The molecule has 1 rings (SSSR count). The summed E-state index contributed by atoms with van der Waals surface area (Å²) in [6, 6.07) is 8.25. The summed E-state index contributed by atoms with van der Waals surface area (Å²) in [4.78, 5) is 0. The molecular formula is C16H27NO3. The average molecular weight is 281 g/mol. The Morgan fingerprint density at radius 1 is 1.00 bits per heavy atom. The molecule has 0 saturated carbocycles. The third-order valence-corrected chi connectivity index (χ3v) is 2.81. The van der Waals surface area contributed by atoms with E-state index in [0.29, 0.717) is 26.4 Å². The van der Waals surface area contributed by atoms with Crippen LogP contribution in [0.5, 0.6) is 5.75 Å². The third-order valence-electron chi connectivity index (χ3n) is 2.81.